The number of rotatable bonds is 9. The molecule has 0 spiro atoms. The lowest BCUT2D eigenvalue weighted by Gasteiger charge is -2.10. The van der Waals surface area contributed by atoms with Crippen LogP contribution in [0.1, 0.15) is 28.4 Å². The number of nitrogens with one attached hydrogen (secondary N) is 1. The number of carbonyl (C=O) groups excluding carboxylic acids is 1. The highest BCUT2D eigenvalue weighted by Gasteiger charge is 2.10. The van der Waals surface area contributed by atoms with Crippen LogP contribution in [0.5, 0.6) is 17.2 Å². The van der Waals surface area contributed by atoms with Gasteiger partial charge in [0, 0.05) is 10.0 Å². The number of hydrazone groups is 1. The Morgan fingerprint density at radius 1 is 1.03 bits per heavy atom. The number of carbonyl (C=O) groups is 1. The second-order valence-electron chi connectivity index (χ2n) is 6.60. The van der Waals surface area contributed by atoms with Gasteiger partial charge in [0.2, 0.25) is 0 Å². The van der Waals surface area contributed by atoms with E-state index in [9.17, 15) is 4.79 Å². The SMILES string of the molecule is CCOc1cc(C(=O)N/N=C/c2ccc(OCc3ccc(Br)cc3)c(Cl)c2)ccc1OC. The molecule has 32 heavy (non-hydrogen) atoms. The maximum absolute atomic E-state index is 12.4. The standard InChI is InChI=1S/C24H22BrClN2O4/c1-3-31-23-13-18(7-11-22(23)30-2)24(29)28-27-14-17-6-10-21(20(26)12-17)32-15-16-4-8-19(25)9-5-16/h4-14H,3,15H2,1-2H3,(H,28,29)/b27-14+. The molecule has 0 aliphatic carbocycles. The summed E-state index contributed by atoms with van der Waals surface area (Å²) in [5.74, 6) is 1.25. The number of amides is 1. The van der Waals surface area contributed by atoms with E-state index in [-0.39, 0.29) is 5.91 Å². The first-order valence-electron chi connectivity index (χ1n) is 9.81. The first-order chi connectivity index (χ1) is 15.5. The predicted octanol–water partition coefficient (Wildman–Crippen LogP) is 5.85. The number of benzene rings is 3. The third-order valence-electron chi connectivity index (χ3n) is 4.37. The Kier molecular flexibility index (Phi) is 8.53. The van der Waals surface area contributed by atoms with Gasteiger partial charge in [-0.2, -0.15) is 5.10 Å². The normalized spacial score (nSPS) is 10.8. The fourth-order valence-corrected chi connectivity index (χ4v) is 3.28. The molecule has 3 rings (SSSR count). The Morgan fingerprint density at radius 3 is 2.47 bits per heavy atom. The number of hydrogen-bond acceptors (Lipinski definition) is 5. The molecule has 0 aliphatic rings. The highest BCUT2D eigenvalue weighted by molar-refractivity contribution is 9.10. The summed E-state index contributed by atoms with van der Waals surface area (Å²) in [5.41, 5.74) is 4.65. The molecule has 166 valence electrons. The second-order valence-corrected chi connectivity index (χ2v) is 7.93. The smallest absolute Gasteiger partial charge is 0.271 e. The van der Waals surface area contributed by atoms with Gasteiger partial charge in [-0.1, -0.05) is 39.7 Å². The molecule has 3 aromatic rings. The van der Waals surface area contributed by atoms with Gasteiger partial charge in [0.1, 0.15) is 12.4 Å². The Balaban J connectivity index is 1.59. The van der Waals surface area contributed by atoms with E-state index < -0.39 is 0 Å². The quantitative estimate of drug-likeness (QED) is 0.285. The van der Waals surface area contributed by atoms with Crippen molar-refractivity contribution in [2.45, 2.75) is 13.5 Å². The van der Waals surface area contributed by atoms with E-state index in [4.69, 9.17) is 25.8 Å². The van der Waals surface area contributed by atoms with Gasteiger partial charge in [-0.15, -0.1) is 0 Å². The van der Waals surface area contributed by atoms with Crippen LogP contribution >= 0.6 is 27.5 Å². The van der Waals surface area contributed by atoms with Crippen molar-refractivity contribution in [3.63, 3.8) is 0 Å². The van der Waals surface area contributed by atoms with Crippen molar-refractivity contribution in [3.05, 3.63) is 86.8 Å². The molecule has 0 saturated heterocycles. The monoisotopic (exact) mass is 516 g/mol. The summed E-state index contributed by atoms with van der Waals surface area (Å²) in [4.78, 5) is 12.4. The van der Waals surface area contributed by atoms with Crippen LogP contribution in [0.4, 0.5) is 0 Å². The van der Waals surface area contributed by atoms with Gasteiger partial charge in [0.15, 0.2) is 11.5 Å². The Labute approximate surface area is 200 Å². The van der Waals surface area contributed by atoms with Crippen LogP contribution in [0.25, 0.3) is 0 Å². The zero-order valence-corrected chi connectivity index (χ0v) is 19.9. The Hall–Kier alpha value is -3.03. The van der Waals surface area contributed by atoms with Crippen LogP contribution in [-0.4, -0.2) is 25.8 Å². The van der Waals surface area contributed by atoms with Crippen molar-refractivity contribution in [3.8, 4) is 17.2 Å². The molecular weight excluding hydrogens is 496 g/mol. The third-order valence-corrected chi connectivity index (χ3v) is 5.19. The van der Waals surface area contributed by atoms with Crippen molar-refractivity contribution < 1.29 is 19.0 Å². The lowest BCUT2D eigenvalue weighted by atomic mass is 10.2. The van der Waals surface area contributed by atoms with Gasteiger partial charge in [-0.05, 0) is 66.6 Å². The van der Waals surface area contributed by atoms with Crippen LogP contribution < -0.4 is 19.6 Å². The number of methoxy groups -OCH3 is 1. The van der Waals surface area contributed by atoms with Crippen molar-refractivity contribution in [1.29, 1.82) is 0 Å². The van der Waals surface area contributed by atoms with Gasteiger partial charge in [-0.25, -0.2) is 5.43 Å². The molecule has 0 saturated carbocycles. The maximum atomic E-state index is 12.4. The molecule has 1 N–H and O–H groups in total. The van der Waals surface area contributed by atoms with E-state index in [2.05, 4.69) is 26.5 Å². The topological polar surface area (TPSA) is 69.2 Å². The number of ether oxygens (including phenoxy) is 3. The summed E-state index contributed by atoms with van der Waals surface area (Å²) >= 11 is 9.73. The van der Waals surface area contributed by atoms with Crippen LogP contribution in [0.2, 0.25) is 5.02 Å². The molecule has 0 unspecified atom stereocenters. The largest absolute Gasteiger partial charge is 0.493 e. The minimum Gasteiger partial charge on any atom is -0.493 e. The van der Waals surface area contributed by atoms with Gasteiger partial charge >= 0.3 is 0 Å². The highest BCUT2D eigenvalue weighted by Crippen LogP contribution is 2.28. The van der Waals surface area contributed by atoms with E-state index >= 15 is 0 Å². The van der Waals surface area contributed by atoms with Crippen LogP contribution in [0.15, 0.2) is 70.2 Å². The molecule has 0 aromatic heterocycles. The van der Waals surface area contributed by atoms with Crippen LogP contribution in [-0.2, 0) is 6.61 Å². The van der Waals surface area contributed by atoms with Gasteiger partial charge in [0.25, 0.3) is 5.91 Å². The molecular formula is C24H22BrClN2O4. The van der Waals surface area contributed by atoms with Crippen molar-refractivity contribution in [2.24, 2.45) is 5.10 Å². The van der Waals surface area contributed by atoms with E-state index in [0.717, 1.165) is 15.6 Å². The second kappa shape index (κ2) is 11.5. The van der Waals surface area contributed by atoms with Crippen molar-refractivity contribution in [2.75, 3.05) is 13.7 Å². The minimum absolute atomic E-state index is 0.370. The molecule has 3 aromatic carbocycles. The molecule has 0 fully saturated rings. The Bertz CT molecular complexity index is 1100. The van der Waals surface area contributed by atoms with E-state index in [0.29, 0.717) is 41.0 Å². The van der Waals surface area contributed by atoms with Crippen molar-refractivity contribution >= 4 is 39.7 Å². The zero-order valence-electron chi connectivity index (χ0n) is 17.6. The molecule has 0 heterocycles. The van der Waals surface area contributed by atoms with Gasteiger partial charge in [0.05, 0.1) is 25.0 Å². The number of nitrogens with zero attached hydrogens (tertiary/aromatic N) is 1. The molecule has 0 aliphatic heterocycles. The van der Waals surface area contributed by atoms with Crippen LogP contribution in [0, 0.1) is 0 Å². The van der Waals surface area contributed by atoms with E-state index in [1.807, 2.05) is 31.2 Å². The third kappa shape index (κ3) is 6.48. The maximum Gasteiger partial charge on any atom is 0.271 e. The van der Waals surface area contributed by atoms with Gasteiger partial charge in [-0.3, -0.25) is 4.79 Å². The summed E-state index contributed by atoms with van der Waals surface area (Å²) in [6.45, 7) is 2.73. The van der Waals surface area contributed by atoms with E-state index in [1.165, 1.54) is 6.21 Å². The summed E-state index contributed by atoms with van der Waals surface area (Å²) in [6, 6.07) is 18.1. The number of hydrogen-bond donors (Lipinski definition) is 1. The molecule has 1 amide bonds. The zero-order chi connectivity index (χ0) is 22.9. The lowest BCUT2D eigenvalue weighted by Crippen LogP contribution is -2.17. The van der Waals surface area contributed by atoms with E-state index in [1.54, 1.807) is 43.5 Å². The molecule has 8 heteroatoms. The predicted molar refractivity (Wildman–Crippen MR) is 129 cm³/mol. The first-order valence-corrected chi connectivity index (χ1v) is 11.0. The molecule has 6 nitrogen and oxygen atoms in total. The minimum atomic E-state index is -0.370. The summed E-state index contributed by atoms with van der Waals surface area (Å²) in [7, 11) is 1.55. The summed E-state index contributed by atoms with van der Waals surface area (Å²) in [5, 5.41) is 4.46. The summed E-state index contributed by atoms with van der Waals surface area (Å²) in [6.07, 6.45) is 1.51. The fourth-order valence-electron chi connectivity index (χ4n) is 2.77. The molecule has 0 radical (unpaired) electrons. The molecule has 0 bridgehead atoms. The van der Waals surface area contributed by atoms with Gasteiger partial charge < -0.3 is 14.2 Å². The average molecular weight is 518 g/mol. The van der Waals surface area contributed by atoms with Crippen LogP contribution in [0.3, 0.4) is 0 Å². The number of halogens is 2. The molecule has 0 atom stereocenters. The average Bonchev–Trinajstić information content (AvgIpc) is 2.79. The fraction of sp³-hybridized carbons (Fsp3) is 0.167. The first kappa shape index (κ1) is 23.6. The Morgan fingerprint density at radius 2 is 1.78 bits per heavy atom. The lowest BCUT2D eigenvalue weighted by molar-refractivity contribution is 0.0954. The summed E-state index contributed by atoms with van der Waals surface area (Å²) < 4.78 is 17.5. The van der Waals surface area contributed by atoms with Crippen molar-refractivity contribution in [1.82, 2.24) is 5.43 Å². The highest BCUT2D eigenvalue weighted by atomic mass is 79.9.